The van der Waals surface area contributed by atoms with Crippen LogP contribution in [-0.2, 0) is 4.74 Å². The van der Waals surface area contributed by atoms with Gasteiger partial charge in [-0.05, 0) is 0 Å². The van der Waals surface area contributed by atoms with Crippen molar-refractivity contribution in [2.75, 3.05) is 13.7 Å². The van der Waals surface area contributed by atoms with Crippen LogP contribution in [0.15, 0.2) is 17.1 Å². The van der Waals surface area contributed by atoms with Crippen LogP contribution in [0.3, 0.4) is 0 Å². The highest BCUT2D eigenvalue weighted by Crippen LogP contribution is 2.01. The van der Waals surface area contributed by atoms with Crippen molar-refractivity contribution in [1.82, 2.24) is 5.06 Å². The fourth-order valence-electron chi connectivity index (χ4n) is 0.533. The van der Waals surface area contributed by atoms with Crippen LogP contribution in [0, 0.1) is 0 Å². The Hall–Kier alpha value is -1.03. The van der Waals surface area contributed by atoms with Gasteiger partial charge in [-0.15, -0.1) is 0 Å². The van der Waals surface area contributed by atoms with Crippen molar-refractivity contribution in [2.24, 2.45) is 4.99 Å². The molecule has 0 spiro atoms. The smallest absolute Gasteiger partial charge is 0.231 e. The fraction of sp³-hybridized carbons (Fsp3) is 0.400. The van der Waals surface area contributed by atoms with E-state index in [1.54, 1.807) is 6.21 Å². The Balaban J connectivity index is 2.59. The van der Waals surface area contributed by atoms with Gasteiger partial charge in [0.2, 0.25) is 5.88 Å². The first-order chi connectivity index (χ1) is 4.33. The van der Waals surface area contributed by atoms with Crippen molar-refractivity contribution in [2.45, 2.75) is 0 Å². The summed E-state index contributed by atoms with van der Waals surface area (Å²) in [6.45, 7) is 0.423. The van der Waals surface area contributed by atoms with Gasteiger partial charge in [0.15, 0.2) is 0 Å². The van der Waals surface area contributed by atoms with Crippen molar-refractivity contribution in [3.05, 3.63) is 12.1 Å². The van der Waals surface area contributed by atoms with Gasteiger partial charge in [-0.3, -0.25) is 10.3 Å². The zero-order valence-electron chi connectivity index (χ0n) is 5.11. The van der Waals surface area contributed by atoms with Crippen molar-refractivity contribution in [3.63, 3.8) is 0 Å². The third-order valence-electron chi connectivity index (χ3n) is 0.956. The summed E-state index contributed by atoms with van der Waals surface area (Å²) in [4.78, 5) is 3.81. The van der Waals surface area contributed by atoms with E-state index in [2.05, 4.69) is 4.99 Å². The van der Waals surface area contributed by atoms with Crippen LogP contribution in [0.4, 0.5) is 0 Å². The summed E-state index contributed by atoms with van der Waals surface area (Å²) in [6.07, 6.45) is 2.98. The van der Waals surface area contributed by atoms with E-state index in [4.69, 9.17) is 9.94 Å². The maximum absolute atomic E-state index is 8.80. The van der Waals surface area contributed by atoms with Crippen LogP contribution >= 0.6 is 0 Å². The second-order valence-corrected chi connectivity index (χ2v) is 1.61. The number of rotatable bonds is 1. The second-order valence-electron chi connectivity index (χ2n) is 1.61. The molecule has 0 aliphatic carbocycles. The minimum atomic E-state index is 0.420. The van der Waals surface area contributed by atoms with E-state index < -0.39 is 0 Å². The molecule has 0 unspecified atom stereocenters. The van der Waals surface area contributed by atoms with Crippen LogP contribution in [0.2, 0.25) is 0 Å². The van der Waals surface area contributed by atoms with E-state index >= 15 is 0 Å². The fourth-order valence-corrected chi connectivity index (χ4v) is 0.533. The molecule has 0 atom stereocenters. The lowest BCUT2D eigenvalue weighted by molar-refractivity contribution is -0.0302. The molecular formula is C5H8N2O2. The lowest BCUT2D eigenvalue weighted by atomic mass is 10.6. The van der Waals surface area contributed by atoms with E-state index in [1.165, 1.54) is 13.3 Å². The van der Waals surface area contributed by atoms with Gasteiger partial charge >= 0.3 is 0 Å². The van der Waals surface area contributed by atoms with E-state index in [9.17, 15) is 0 Å². The number of aliphatic imine (C=N–C) groups is 1. The Bertz CT molecular complexity index is 153. The van der Waals surface area contributed by atoms with Gasteiger partial charge in [0.05, 0.1) is 19.9 Å². The minimum Gasteiger partial charge on any atom is -0.480 e. The molecule has 0 fully saturated rings. The van der Waals surface area contributed by atoms with Gasteiger partial charge < -0.3 is 4.74 Å². The maximum atomic E-state index is 8.80. The van der Waals surface area contributed by atoms with Gasteiger partial charge in [0, 0.05) is 6.21 Å². The Kier molecular flexibility index (Phi) is 1.69. The lowest BCUT2D eigenvalue weighted by Crippen LogP contribution is -2.18. The highest BCUT2D eigenvalue weighted by Gasteiger charge is 2.00. The van der Waals surface area contributed by atoms with E-state index in [0.717, 1.165) is 5.06 Å². The summed E-state index contributed by atoms with van der Waals surface area (Å²) in [7, 11) is 1.50. The molecule has 50 valence electrons. The zero-order chi connectivity index (χ0) is 6.69. The number of hydrogen-bond donors (Lipinski definition) is 1. The van der Waals surface area contributed by atoms with Crippen molar-refractivity contribution < 1.29 is 9.94 Å². The first kappa shape index (κ1) is 6.10. The van der Waals surface area contributed by atoms with Gasteiger partial charge in [-0.2, -0.15) is 0 Å². The Morgan fingerprint density at radius 3 is 3.11 bits per heavy atom. The molecule has 0 radical (unpaired) electrons. The van der Waals surface area contributed by atoms with Crippen molar-refractivity contribution >= 4 is 6.21 Å². The molecule has 1 aliphatic heterocycles. The molecule has 0 bridgehead atoms. The Morgan fingerprint density at radius 1 is 1.89 bits per heavy atom. The lowest BCUT2D eigenvalue weighted by Gasteiger charge is -2.13. The molecule has 4 heteroatoms. The van der Waals surface area contributed by atoms with Crippen LogP contribution in [-0.4, -0.2) is 30.1 Å². The average Bonchev–Trinajstić information content (AvgIpc) is 1.88. The average molecular weight is 128 g/mol. The third-order valence-corrected chi connectivity index (χ3v) is 0.956. The van der Waals surface area contributed by atoms with Crippen molar-refractivity contribution in [1.29, 1.82) is 0 Å². The van der Waals surface area contributed by atoms with Gasteiger partial charge in [-0.1, -0.05) is 0 Å². The molecule has 9 heavy (non-hydrogen) atoms. The highest BCUT2D eigenvalue weighted by atomic mass is 16.5. The summed E-state index contributed by atoms with van der Waals surface area (Å²) in [5, 5.41) is 9.80. The number of hydrogen-bond acceptors (Lipinski definition) is 4. The normalized spacial score (nSPS) is 17.6. The topological polar surface area (TPSA) is 45.1 Å². The molecule has 1 aliphatic rings. The standard InChI is InChI=1S/C5H8N2O2/c1-9-5-4-7(8)3-2-6-5/h2,4,8H,3H2,1H3. The van der Waals surface area contributed by atoms with Crippen molar-refractivity contribution in [3.8, 4) is 0 Å². The van der Waals surface area contributed by atoms with Gasteiger partial charge in [0.25, 0.3) is 0 Å². The number of nitrogens with zero attached hydrogens (tertiary/aromatic N) is 2. The molecule has 4 nitrogen and oxygen atoms in total. The van der Waals surface area contributed by atoms with Crippen LogP contribution in [0.25, 0.3) is 0 Å². The molecule has 0 saturated heterocycles. The SMILES string of the molecule is COC1=CN(O)CC=N1. The first-order valence-corrected chi connectivity index (χ1v) is 2.57. The van der Waals surface area contributed by atoms with Crippen LogP contribution < -0.4 is 0 Å². The summed E-state index contributed by atoms with van der Waals surface area (Å²) >= 11 is 0. The number of hydroxylamine groups is 2. The monoisotopic (exact) mass is 128 g/mol. The van der Waals surface area contributed by atoms with E-state index in [-0.39, 0.29) is 0 Å². The molecule has 0 saturated carbocycles. The molecule has 1 rings (SSSR count). The third kappa shape index (κ3) is 1.43. The van der Waals surface area contributed by atoms with Gasteiger partial charge in [0.1, 0.15) is 0 Å². The molecule has 1 N–H and O–H groups in total. The molecule has 0 amide bonds. The Labute approximate surface area is 53.0 Å². The summed E-state index contributed by atoms with van der Waals surface area (Å²) in [5.41, 5.74) is 0. The molecule has 0 aromatic carbocycles. The molecule has 0 aromatic heterocycles. The van der Waals surface area contributed by atoms with E-state index in [0.29, 0.717) is 12.4 Å². The van der Waals surface area contributed by atoms with Crippen LogP contribution in [0.5, 0.6) is 0 Å². The largest absolute Gasteiger partial charge is 0.480 e. The molecule has 0 aromatic rings. The highest BCUT2D eigenvalue weighted by molar-refractivity contribution is 5.62. The second kappa shape index (κ2) is 2.50. The predicted molar refractivity (Wildman–Crippen MR) is 32.1 cm³/mol. The van der Waals surface area contributed by atoms with Gasteiger partial charge in [-0.25, -0.2) is 4.99 Å². The number of ether oxygens (including phenoxy) is 1. The maximum Gasteiger partial charge on any atom is 0.231 e. The summed E-state index contributed by atoms with van der Waals surface area (Å²) < 4.78 is 4.72. The zero-order valence-corrected chi connectivity index (χ0v) is 5.11. The summed E-state index contributed by atoms with van der Waals surface area (Å²) in [6, 6.07) is 0. The molecule has 1 heterocycles. The summed E-state index contributed by atoms with van der Waals surface area (Å²) in [5.74, 6) is 0.420. The number of methoxy groups -OCH3 is 1. The quantitative estimate of drug-likeness (QED) is 0.549. The minimum absolute atomic E-state index is 0.420. The first-order valence-electron chi connectivity index (χ1n) is 2.57. The predicted octanol–water partition coefficient (Wildman–Crippen LogP) is 0.207. The Morgan fingerprint density at radius 2 is 2.67 bits per heavy atom. The van der Waals surface area contributed by atoms with Crippen LogP contribution in [0.1, 0.15) is 0 Å². The molecular weight excluding hydrogens is 120 g/mol. The van der Waals surface area contributed by atoms with E-state index in [1.807, 2.05) is 0 Å².